The van der Waals surface area contributed by atoms with Crippen molar-refractivity contribution in [1.82, 2.24) is 9.97 Å². The van der Waals surface area contributed by atoms with Crippen molar-refractivity contribution >= 4 is 11.8 Å². The smallest absolute Gasteiger partial charge is 0.187 e. The lowest BCUT2D eigenvalue weighted by Crippen LogP contribution is -2.18. The third-order valence-corrected chi connectivity index (χ3v) is 4.27. The van der Waals surface area contributed by atoms with Crippen LogP contribution in [0.1, 0.15) is 38.2 Å². The molecule has 0 amide bonds. The normalized spacial score (nSPS) is 18.5. The van der Waals surface area contributed by atoms with Crippen molar-refractivity contribution in [3.05, 3.63) is 18.0 Å². The molecular weight excluding hydrogens is 230 g/mol. The van der Waals surface area contributed by atoms with E-state index in [1.165, 1.54) is 31.4 Å². The fourth-order valence-corrected chi connectivity index (χ4v) is 3.24. The van der Waals surface area contributed by atoms with E-state index in [9.17, 15) is 0 Å². The zero-order chi connectivity index (χ0) is 12.1. The van der Waals surface area contributed by atoms with Gasteiger partial charge < -0.3 is 5.73 Å². The summed E-state index contributed by atoms with van der Waals surface area (Å²) in [6, 6.07) is 0.176. The van der Waals surface area contributed by atoms with Crippen molar-refractivity contribution in [1.29, 1.82) is 0 Å². The van der Waals surface area contributed by atoms with E-state index in [2.05, 4.69) is 9.97 Å². The zero-order valence-electron chi connectivity index (χ0n) is 10.4. The van der Waals surface area contributed by atoms with Crippen LogP contribution in [0.5, 0.6) is 0 Å². The molecule has 2 rings (SSSR count). The summed E-state index contributed by atoms with van der Waals surface area (Å²) < 4.78 is 0. The number of rotatable bonds is 5. The van der Waals surface area contributed by atoms with Crippen LogP contribution >= 0.6 is 11.8 Å². The molecule has 1 unspecified atom stereocenters. The molecule has 0 aliphatic heterocycles. The first-order chi connectivity index (χ1) is 8.24. The Kier molecular flexibility index (Phi) is 4.80. The van der Waals surface area contributed by atoms with Gasteiger partial charge in [-0.05, 0) is 37.7 Å². The van der Waals surface area contributed by atoms with Crippen LogP contribution in [0.25, 0.3) is 0 Å². The molecule has 3 nitrogen and oxygen atoms in total. The van der Waals surface area contributed by atoms with Crippen molar-refractivity contribution in [2.75, 3.05) is 5.75 Å². The Hall–Kier alpha value is -0.610. The average molecular weight is 251 g/mol. The molecule has 0 spiro atoms. The molecule has 0 aromatic carbocycles. The number of thioether (sulfide) groups is 1. The van der Waals surface area contributed by atoms with Crippen LogP contribution in [-0.4, -0.2) is 21.8 Å². The molecule has 1 heterocycles. The quantitative estimate of drug-likeness (QED) is 0.645. The highest BCUT2D eigenvalue weighted by molar-refractivity contribution is 7.99. The van der Waals surface area contributed by atoms with Crippen LogP contribution in [0, 0.1) is 5.92 Å². The predicted octanol–water partition coefficient (Wildman–Crippen LogP) is 2.65. The van der Waals surface area contributed by atoms with Crippen molar-refractivity contribution in [3.8, 4) is 0 Å². The number of aromatic nitrogens is 2. The number of nitrogens with two attached hydrogens (primary N) is 1. The van der Waals surface area contributed by atoms with Gasteiger partial charge >= 0.3 is 0 Å². The van der Waals surface area contributed by atoms with Crippen molar-refractivity contribution in [2.45, 2.75) is 50.2 Å². The van der Waals surface area contributed by atoms with Crippen LogP contribution in [0.4, 0.5) is 0 Å². The van der Waals surface area contributed by atoms with Crippen LogP contribution in [0.15, 0.2) is 17.6 Å². The molecule has 1 saturated carbocycles. The Labute approximate surface area is 108 Å². The maximum atomic E-state index is 5.74. The monoisotopic (exact) mass is 251 g/mol. The fourth-order valence-electron chi connectivity index (χ4n) is 2.26. The van der Waals surface area contributed by atoms with Gasteiger partial charge in [0.05, 0.1) is 0 Å². The summed E-state index contributed by atoms with van der Waals surface area (Å²) in [6.45, 7) is 2.00. The molecule has 1 aromatic rings. The van der Waals surface area contributed by atoms with Gasteiger partial charge in [-0.3, -0.25) is 0 Å². The third-order valence-electron chi connectivity index (χ3n) is 3.16. The van der Waals surface area contributed by atoms with Gasteiger partial charge in [0.1, 0.15) is 0 Å². The summed E-state index contributed by atoms with van der Waals surface area (Å²) in [5, 5.41) is 0.908. The van der Waals surface area contributed by atoms with Crippen LogP contribution in [-0.2, 0) is 6.42 Å². The highest BCUT2D eigenvalue weighted by Crippen LogP contribution is 2.29. The van der Waals surface area contributed by atoms with Gasteiger partial charge in [-0.25, -0.2) is 9.97 Å². The Morgan fingerprint density at radius 2 is 2.00 bits per heavy atom. The minimum Gasteiger partial charge on any atom is -0.328 e. The molecule has 2 N–H and O–H groups in total. The molecule has 1 aliphatic rings. The fraction of sp³-hybridized carbons (Fsp3) is 0.692. The summed E-state index contributed by atoms with van der Waals surface area (Å²) in [7, 11) is 0. The molecule has 1 atom stereocenters. The van der Waals surface area contributed by atoms with E-state index in [1.807, 2.05) is 19.3 Å². The van der Waals surface area contributed by atoms with Gasteiger partial charge in [-0.2, -0.15) is 0 Å². The highest BCUT2D eigenvalue weighted by atomic mass is 32.2. The molecular formula is C13H21N3S. The molecule has 0 bridgehead atoms. The maximum Gasteiger partial charge on any atom is 0.187 e. The van der Waals surface area contributed by atoms with E-state index >= 15 is 0 Å². The summed E-state index contributed by atoms with van der Waals surface area (Å²) >= 11 is 1.79. The average Bonchev–Trinajstić information content (AvgIpc) is 2.80. The standard InChI is InChI=1S/C13H21N3S/c1-10(14)6-12-7-15-13(16-8-12)17-9-11-4-2-3-5-11/h7-8,10-11H,2-6,9,14H2,1H3. The number of hydrogen-bond donors (Lipinski definition) is 1. The van der Waals surface area contributed by atoms with Gasteiger partial charge in [0.2, 0.25) is 0 Å². The van der Waals surface area contributed by atoms with Crippen molar-refractivity contribution in [2.24, 2.45) is 11.7 Å². The van der Waals surface area contributed by atoms with E-state index in [-0.39, 0.29) is 6.04 Å². The van der Waals surface area contributed by atoms with Crippen molar-refractivity contribution < 1.29 is 0 Å². The second-order valence-electron chi connectivity index (χ2n) is 5.02. The van der Waals surface area contributed by atoms with Gasteiger partial charge in [-0.1, -0.05) is 24.6 Å². The zero-order valence-corrected chi connectivity index (χ0v) is 11.2. The topological polar surface area (TPSA) is 51.8 Å². The van der Waals surface area contributed by atoms with Crippen molar-refractivity contribution in [3.63, 3.8) is 0 Å². The van der Waals surface area contributed by atoms with Crippen LogP contribution in [0.3, 0.4) is 0 Å². The predicted molar refractivity (Wildman–Crippen MR) is 72.1 cm³/mol. The minimum absolute atomic E-state index is 0.176. The van der Waals surface area contributed by atoms with Gasteiger partial charge in [0.15, 0.2) is 5.16 Å². The molecule has 4 heteroatoms. The Bertz CT molecular complexity index is 331. The van der Waals surface area contributed by atoms with E-state index in [0.29, 0.717) is 0 Å². The molecule has 1 fully saturated rings. The van der Waals surface area contributed by atoms with E-state index < -0.39 is 0 Å². The molecule has 94 valence electrons. The minimum atomic E-state index is 0.176. The van der Waals surface area contributed by atoms with E-state index in [0.717, 1.165) is 23.1 Å². The van der Waals surface area contributed by atoms with Crippen LogP contribution < -0.4 is 5.73 Å². The summed E-state index contributed by atoms with van der Waals surface area (Å²) in [6.07, 6.45) is 10.2. The first-order valence-corrected chi connectivity index (χ1v) is 7.42. The lowest BCUT2D eigenvalue weighted by Gasteiger charge is -2.08. The van der Waals surface area contributed by atoms with Gasteiger partial charge in [0.25, 0.3) is 0 Å². The van der Waals surface area contributed by atoms with E-state index in [4.69, 9.17) is 5.73 Å². The Morgan fingerprint density at radius 3 is 2.59 bits per heavy atom. The Morgan fingerprint density at radius 1 is 1.35 bits per heavy atom. The lowest BCUT2D eigenvalue weighted by molar-refractivity contribution is 0.622. The number of hydrogen-bond acceptors (Lipinski definition) is 4. The van der Waals surface area contributed by atoms with E-state index in [1.54, 1.807) is 11.8 Å². The first-order valence-electron chi connectivity index (χ1n) is 6.43. The summed E-state index contributed by atoms with van der Waals surface area (Å²) in [5.41, 5.74) is 6.87. The largest absolute Gasteiger partial charge is 0.328 e. The molecule has 0 radical (unpaired) electrons. The summed E-state index contributed by atoms with van der Waals surface area (Å²) in [5.74, 6) is 2.06. The Balaban J connectivity index is 1.80. The molecule has 1 aliphatic carbocycles. The van der Waals surface area contributed by atoms with Crippen LogP contribution in [0.2, 0.25) is 0 Å². The lowest BCUT2D eigenvalue weighted by atomic mass is 10.1. The van der Waals surface area contributed by atoms with Gasteiger partial charge in [-0.15, -0.1) is 0 Å². The molecule has 0 saturated heterocycles. The van der Waals surface area contributed by atoms with Gasteiger partial charge in [0, 0.05) is 24.2 Å². The summed E-state index contributed by atoms with van der Waals surface area (Å²) in [4.78, 5) is 8.78. The second-order valence-corrected chi connectivity index (χ2v) is 6.00. The molecule has 1 aromatic heterocycles. The maximum absolute atomic E-state index is 5.74. The number of nitrogens with zero attached hydrogens (tertiary/aromatic N) is 2. The highest BCUT2D eigenvalue weighted by Gasteiger charge is 2.15. The second kappa shape index (κ2) is 6.36. The molecule has 17 heavy (non-hydrogen) atoms. The first kappa shape index (κ1) is 12.8. The SMILES string of the molecule is CC(N)Cc1cnc(SCC2CCCC2)nc1. The third kappa shape index (κ3) is 4.28.